The van der Waals surface area contributed by atoms with E-state index in [0.717, 1.165) is 81.2 Å². The molecule has 2 heterocycles. The van der Waals surface area contributed by atoms with Crippen molar-refractivity contribution in [2.24, 2.45) is 0 Å². The number of amides is 2. The van der Waals surface area contributed by atoms with Crippen LogP contribution in [0.4, 0.5) is 11.4 Å². The maximum Gasteiger partial charge on any atom is 0.253 e. The Morgan fingerprint density at radius 1 is 0.519 bits per heavy atom. The van der Waals surface area contributed by atoms with E-state index in [1.807, 2.05) is 111 Å². The summed E-state index contributed by atoms with van der Waals surface area (Å²) in [5.74, 6) is -0.230. The van der Waals surface area contributed by atoms with Gasteiger partial charge in [-0.2, -0.15) is 0 Å². The van der Waals surface area contributed by atoms with Gasteiger partial charge in [0.1, 0.15) is 0 Å². The summed E-state index contributed by atoms with van der Waals surface area (Å²) in [6.07, 6.45) is 0. The number of pyridine rings is 2. The highest BCUT2D eigenvalue weighted by molar-refractivity contribution is 6.11. The summed E-state index contributed by atoms with van der Waals surface area (Å²) < 4.78 is 0. The number of likely N-dealkylation sites (N-methyl/N-ethyl adjacent to an activating group) is 3. The third-order valence-corrected chi connectivity index (χ3v) is 9.17. The van der Waals surface area contributed by atoms with Crippen LogP contribution in [0.5, 0.6) is 0 Å². The second-order valence-electron chi connectivity index (χ2n) is 13.7. The third kappa shape index (κ3) is 8.74. The highest BCUT2D eigenvalue weighted by Crippen LogP contribution is 2.31. The van der Waals surface area contributed by atoms with E-state index < -0.39 is 0 Å². The molecule has 0 spiro atoms. The second kappa shape index (κ2) is 16.8. The maximum atomic E-state index is 13.4. The molecule has 0 atom stereocenters. The van der Waals surface area contributed by atoms with Crippen LogP contribution in [0.3, 0.4) is 0 Å². The monoisotopic (exact) mass is 699 g/mol. The van der Waals surface area contributed by atoms with Crippen molar-refractivity contribution in [3.63, 3.8) is 0 Å². The zero-order valence-electron chi connectivity index (χ0n) is 30.8. The first kappa shape index (κ1) is 36.4. The highest BCUT2D eigenvalue weighted by atomic mass is 16.2. The van der Waals surface area contributed by atoms with Crippen LogP contribution in [-0.4, -0.2) is 124 Å². The summed E-state index contributed by atoms with van der Waals surface area (Å²) in [6.45, 7) is 5.28. The van der Waals surface area contributed by atoms with Crippen LogP contribution in [0.25, 0.3) is 43.6 Å². The van der Waals surface area contributed by atoms with Crippen molar-refractivity contribution in [1.29, 1.82) is 0 Å². The van der Waals surface area contributed by atoms with Crippen LogP contribution in [0.1, 0.15) is 20.7 Å². The first-order chi connectivity index (χ1) is 25.2. The van der Waals surface area contributed by atoms with E-state index in [2.05, 4.69) is 45.3 Å². The number of anilines is 2. The average molecular weight is 700 g/mol. The van der Waals surface area contributed by atoms with Crippen LogP contribution >= 0.6 is 0 Å². The van der Waals surface area contributed by atoms with Crippen LogP contribution in [-0.2, 0) is 0 Å². The minimum absolute atomic E-state index is 0.115. The molecule has 0 aliphatic carbocycles. The zero-order chi connectivity index (χ0) is 36.6. The number of nitrogens with zero attached hydrogens (tertiary/aromatic N) is 5. The summed E-state index contributed by atoms with van der Waals surface area (Å²) >= 11 is 0. The summed E-state index contributed by atoms with van der Waals surface area (Å²) in [6, 6.07) is 27.9. The predicted molar refractivity (Wildman–Crippen MR) is 215 cm³/mol. The number of para-hydroxylation sites is 2. The topological polar surface area (TPSA) is 118 Å². The Balaban J connectivity index is 1.17. The molecule has 11 heteroatoms. The number of aromatic nitrogens is 2. The quantitative estimate of drug-likeness (QED) is 0.102. The lowest BCUT2D eigenvalue weighted by atomic mass is 10.0. The van der Waals surface area contributed by atoms with Gasteiger partial charge >= 0.3 is 0 Å². The molecule has 0 unspecified atom stereocenters. The van der Waals surface area contributed by atoms with E-state index in [1.54, 1.807) is 0 Å². The second-order valence-corrected chi connectivity index (χ2v) is 13.7. The molecule has 0 saturated heterocycles. The average Bonchev–Trinajstić information content (AvgIpc) is 3.12. The Morgan fingerprint density at radius 3 is 1.37 bits per heavy atom. The van der Waals surface area contributed by atoms with Crippen molar-refractivity contribution in [3.8, 4) is 0 Å². The molecular weight excluding hydrogens is 651 g/mol. The van der Waals surface area contributed by atoms with Gasteiger partial charge in [0.25, 0.3) is 11.8 Å². The van der Waals surface area contributed by atoms with Gasteiger partial charge < -0.3 is 36.0 Å². The van der Waals surface area contributed by atoms with Gasteiger partial charge in [0.15, 0.2) is 0 Å². The van der Waals surface area contributed by atoms with Crippen LogP contribution in [0.2, 0.25) is 0 Å². The molecule has 6 rings (SSSR count). The molecule has 0 saturated carbocycles. The van der Waals surface area contributed by atoms with Gasteiger partial charge in [-0.3, -0.25) is 9.59 Å². The minimum atomic E-state index is -0.115. The SMILES string of the molecule is CN(C)CCNC(=O)c1ccc2nc3ccccc3cc2c1NCCN(C)CCNc1c(C(=O)NCCN(C)C)ccc2nc3ccccc3cc12. The summed E-state index contributed by atoms with van der Waals surface area (Å²) in [4.78, 5) is 42.9. The zero-order valence-corrected chi connectivity index (χ0v) is 30.8. The molecular formula is C41H49N9O2. The Hall–Kier alpha value is -5.36. The number of fused-ring (bicyclic) bond motifs is 4. The highest BCUT2D eigenvalue weighted by Gasteiger charge is 2.18. The standard InChI is InChI=1S/C41H49N9O2/c1-48(2)22-18-44-40(51)30-14-16-36-32(26-28-10-6-8-12-34(28)46-36)38(30)42-20-24-50(5)25-21-43-39-31(41(52)45-19-23-49(3)4)15-17-37-33(39)27-29-11-7-9-13-35(29)47-37/h6-17,26-27,42-43H,18-25H2,1-5H3,(H,44,51)(H,45,52). The van der Waals surface area contributed by atoms with Gasteiger partial charge in [0, 0.05) is 73.9 Å². The van der Waals surface area contributed by atoms with Crippen LogP contribution in [0.15, 0.2) is 84.9 Å². The lowest BCUT2D eigenvalue weighted by Crippen LogP contribution is -2.33. The molecule has 0 fully saturated rings. The van der Waals surface area contributed by atoms with Gasteiger partial charge in [-0.05, 0) is 83.8 Å². The van der Waals surface area contributed by atoms with Crippen molar-refractivity contribution in [3.05, 3.63) is 96.1 Å². The van der Waals surface area contributed by atoms with E-state index in [4.69, 9.17) is 9.97 Å². The Labute approximate surface area is 305 Å². The first-order valence-corrected chi connectivity index (χ1v) is 17.8. The number of benzene rings is 4. The molecule has 0 radical (unpaired) electrons. The number of hydrogen-bond acceptors (Lipinski definition) is 9. The molecule has 0 aliphatic rings. The maximum absolute atomic E-state index is 13.4. The molecule has 6 aromatic rings. The number of nitrogens with one attached hydrogen (secondary N) is 4. The Morgan fingerprint density at radius 2 is 0.942 bits per heavy atom. The fourth-order valence-electron chi connectivity index (χ4n) is 6.29. The molecule has 4 N–H and O–H groups in total. The molecule has 52 heavy (non-hydrogen) atoms. The van der Waals surface area contributed by atoms with Crippen molar-refractivity contribution < 1.29 is 9.59 Å². The Bertz CT molecular complexity index is 2050. The molecule has 0 bridgehead atoms. The predicted octanol–water partition coefficient (Wildman–Crippen LogP) is 5.13. The molecule has 2 aromatic heterocycles. The van der Waals surface area contributed by atoms with Gasteiger partial charge in [-0.1, -0.05) is 36.4 Å². The molecule has 0 aliphatic heterocycles. The Kier molecular flexibility index (Phi) is 11.8. The molecule has 270 valence electrons. The number of hydrogen-bond donors (Lipinski definition) is 4. The van der Waals surface area contributed by atoms with Crippen molar-refractivity contribution in [2.45, 2.75) is 0 Å². The van der Waals surface area contributed by atoms with E-state index in [9.17, 15) is 9.59 Å². The van der Waals surface area contributed by atoms with Gasteiger partial charge in [0.2, 0.25) is 0 Å². The van der Waals surface area contributed by atoms with Gasteiger partial charge in [0.05, 0.1) is 44.6 Å². The number of carbonyl (C=O) groups is 2. The minimum Gasteiger partial charge on any atom is -0.383 e. The van der Waals surface area contributed by atoms with Crippen molar-refractivity contribution in [2.75, 3.05) is 98.2 Å². The summed E-state index contributed by atoms with van der Waals surface area (Å²) in [5.41, 5.74) is 6.27. The fraction of sp³-hybridized carbons (Fsp3) is 0.317. The van der Waals surface area contributed by atoms with Gasteiger partial charge in [-0.25, -0.2) is 9.97 Å². The number of carbonyl (C=O) groups excluding carboxylic acids is 2. The first-order valence-electron chi connectivity index (χ1n) is 17.8. The lowest BCUT2D eigenvalue weighted by Gasteiger charge is -2.21. The van der Waals surface area contributed by atoms with E-state index in [0.29, 0.717) is 37.3 Å². The van der Waals surface area contributed by atoms with Crippen LogP contribution in [0, 0.1) is 0 Å². The van der Waals surface area contributed by atoms with E-state index in [-0.39, 0.29) is 11.8 Å². The molecule has 2 amide bonds. The van der Waals surface area contributed by atoms with E-state index in [1.165, 1.54) is 0 Å². The molecule has 11 nitrogen and oxygen atoms in total. The van der Waals surface area contributed by atoms with E-state index >= 15 is 0 Å². The smallest absolute Gasteiger partial charge is 0.253 e. The van der Waals surface area contributed by atoms with Gasteiger partial charge in [-0.15, -0.1) is 0 Å². The third-order valence-electron chi connectivity index (χ3n) is 9.17. The largest absolute Gasteiger partial charge is 0.383 e. The van der Waals surface area contributed by atoms with Crippen LogP contribution < -0.4 is 21.3 Å². The van der Waals surface area contributed by atoms with Crippen molar-refractivity contribution >= 4 is 66.8 Å². The fourth-order valence-corrected chi connectivity index (χ4v) is 6.29. The summed E-state index contributed by atoms with van der Waals surface area (Å²) in [5, 5.41) is 17.2. The molecule has 4 aromatic carbocycles. The number of rotatable bonds is 16. The normalized spacial score (nSPS) is 11.7. The summed E-state index contributed by atoms with van der Waals surface area (Å²) in [7, 11) is 10.0. The lowest BCUT2D eigenvalue weighted by molar-refractivity contribution is 0.0943. The van der Waals surface area contributed by atoms with Crippen molar-refractivity contribution in [1.82, 2.24) is 35.3 Å².